The average molecular weight is 425 g/mol. The second-order valence-electron chi connectivity index (χ2n) is 7.82. The molecule has 0 bridgehead atoms. The van der Waals surface area contributed by atoms with E-state index in [9.17, 15) is 4.79 Å². The molecule has 0 spiro atoms. The van der Waals surface area contributed by atoms with Gasteiger partial charge in [0.05, 0.1) is 0 Å². The van der Waals surface area contributed by atoms with Gasteiger partial charge in [-0.25, -0.2) is 9.78 Å². The van der Waals surface area contributed by atoms with Crippen molar-refractivity contribution >= 4 is 11.7 Å². The van der Waals surface area contributed by atoms with E-state index in [1.807, 2.05) is 60.4 Å². The van der Waals surface area contributed by atoms with Crippen molar-refractivity contribution in [2.24, 2.45) is 0 Å². The minimum absolute atomic E-state index is 0.0928. The first-order valence-electron chi connectivity index (χ1n) is 10.5. The number of hydrogen-bond donors (Lipinski definition) is 2. The molecule has 5 rings (SSSR count). The van der Waals surface area contributed by atoms with E-state index in [-0.39, 0.29) is 6.03 Å². The van der Waals surface area contributed by atoms with Gasteiger partial charge in [0.1, 0.15) is 17.2 Å². The van der Waals surface area contributed by atoms with Crippen LogP contribution in [-0.2, 0) is 13.0 Å². The first-order valence-corrected chi connectivity index (χ1v) is 10.5. The number of imidazole rings is 1. The van der Waals surface area contributed by atoms with Crippen LogP contribution < -0.4 is 10.1 Å². The average Bonchev–Trinajstić information content (AvgIpc) is 3.34. The molecule has 1 aliphatic heterocycles. The molecule has 2 N–H and O–H groups in total. The molecule has 7 heteroatoms. The number of aryl methyl sites for hydroxylation is 1. The molecule has 7 nitrogen and oxygen atoms in total. The highest BCUT2D eigenvalue weighted by Crippen LogP contribution is 2.29. The predicted octanol–water partition coefficient (Wildman–Crippen LogP) is 5.16. The number of rotatable bonds is 4. The first kappa shape index (κ1) is 19.8. The molecular formula is C25H23N5O2. The molecule has 0 saturated heterocycles. The molecule has 0 unspecified atom stereocenters. The lowest BCUT2D eigenvalue weighted by Gasteiger charge is -2.29. The van der Waals surface area contributed by atoms with E-state index in [2.05, 4.69) is 26.3 Å². The van der Waals surface area contributed by atoms with Gasteiger partial charge in [0.15, 0.2) is 5.82 Å². The number of anilines is 1. The number of aromatic amines is 1. The second-order valence-corrected chi connectivity index (χ2v) is 7.82. The molecule has 3 heterocycles. The summed E-state index contributed by atoms with van der Waals surface area (Å²) >= 11 is 0. The van der Waals surface area contributed by atoms with Gasteiger partial charge in [-0.15, -0.1) is 0 Å². The van der Waals surface area contributed by atoms with Crippen LogP contribution in [0.2, 0.25) is 0 Å². The number of nitrogens with one attached hydrogen (secondary N) is 2. The van der Waals surface area contributed by atoms with Gasteiger partial charge in [-0.2, -0.15) is 0 Å². The van der Waals surface area contributed by atoms with E-state index < -0.39 is 0 Å². The molecule has 2 aromatic heterocycles. The molecular weight excluding hydrogens is 402 g/mol. The van der Waals surface area contributed by atoms with E-state index in [0.717, 1.165) is 29.0 Å². The quantitative estimate of drug-likeness (QED) is 0.473. The van der Waals surface area contributed by atoms with Crippen LogP contribution in [0.4, 0.5) is 10.5 Å². The van der Waals surface area contributed by atoms with Crippen molar-refractivity contribution in [3.8, 4) is 23.0 Å². The zero-order valence-electron chi connectivity index (χ0n) is 17.7. The van der Waals surface area contributed by atoms with Crippen LogP contribution in [0.15, 0.2) is 73.2 Å². The Morgan fingerprint density at radius 2 is 1.94 bits per heavy atom. The summed E-state index contributed by atoms with van der Waals surface area (Å²) in [6.45, 7) is 3.23. The third-order valence-electron chi connectivity index (χ3n) is 5.45. The van der Waals surface area contributed by atoms with Crippen LogP contribution >= 0.6 is 0 Å². The Kier molecular flexibility index (Phi) is 5.29. The molecule has 160 valence electrons. The molecule has 0 saturated carbocycles. The van der Waals surface area contributed by atoms with Crippen molar-refractivity contribution in [2.75, 3.05) is 11.9 Å². The van der Waals surface area contributed by atoms with Gasteiger partial charge in [-0.05, 0) is 60.4 Å². The fraction of sp³-hybridized carbons (Fsp3) is 0.160. The van der Waals surface area contributed by atoms with Crippen LogP contribution in [-0.4, -0.2) is 32.4 Å². The number of amides is 2. The molecule has 4 aromatic rings. The number of hydrogen-bond acceptors (Lipinski definition) is 4. The van der Waals surface area contributed by atoms with Crippen molar-refractivity contribution in [1.29, 1.82) is 0 Å². The van der Waals surface area contributed by atoms with Gasteiger partial charge in [0.25, 0.3) is 0 Å². The summed E-state index contributed by atoms with van der Waals surface area (Å²) in [4.78, 5) is 26.2. The van der Waals surface area contributed by atoms with Crippen molar-refractivity contribution in [1.82, 2.24) is 19.9 Å². The van der Waals surface area contributed by atoms with Gasteiger partial charge in [0.2, 0.25) is 0 Å². The normalized spacial score (nSPS) is 12.8. The largest absolute Gasteiger partial charge is 0.457 e. The minimum Gasteiger partial charge on any atom is -0.457 e. The summed E-state index contributed by atoms with van der Waals surface area (Å²) in [6.07, 6.45) is 5.96. The number of carbonyl (C=O) groups excluding carboxylic acids is 1. The lowest BCUT2D eigenvalue weighted by atomic mass is 10.00. The van der Waals surface area contributed by atoms with E-state index in [1.54, 1.807) is 18.6 Å². The molecule has 0 atom stereocenters. The SMILES string of the molecule is Cc1cccc(NC(=O)N2CCc3ccc(Oc4ccnc(-c5ncc[nH]5)c4)cc3C2)c1. The Hall–Kier alpha value is -4.13. The molecule has 32 heavy (non-hydrogen) atoms. The number of fused-ring (bicyclic) bond motifs is 1. The summed E-state index contributed by atoms with van der Waals surface area (Å²) in [6, 6.07) is 17.4. The van der Waals surface area contributed by atoms with E-state index in [1.165, 1.54) is 5.56 Å². The molecule has 2 amide bonds. The summed E-state index contributed by atoms with van der Waals surface area (Å²) in [7, 11) is 0. The standard InChI is InChI=1S/C25H23N5O2/c1-17-3-2-4-20(13-17)29-25(31)30-12-8-18-5-6-21(14-19(18)16-30)32-22-7-9-26-23(15-22)24-27-10-11-28-24/h2-7,9-11,13-15H,8,12,16H2,1H3,(H,27,28)(H,29,31). The van der Waals surface area contributed by atoms with Crippen LogP contribution in [0.1, 0.15) is 16.7 Å². The van der Waals surface area contributed by atoms with Crippen LogP contribution in [0, 0.1) is 6.92 Å². The van der Waals surface area contributed by atoms with Crippen LogP contribution in [0.3, 0.4) is 0 Å². The number of aromatic nitrogens is 3. The first-order chi connectivity index (χ1) is 15.6. The highest BCUT2D eigenvalue weighted by molar-refractivity contribution is 5.89. The maximum atomic E-state index is 12.8. The lowest BCUT2D eigenvalue weighted by molar-refractivity contribution is 0.206. The number of benzene rings is 2. The highest BCUT2D eigenvalue weighted by Gasteiger charge is 2.21. The van der Waals surface area contributed by atoms with Crippen LogP contribution in [0.25, 0.3) is 11.5 Å². The summed E-state index contributed by atoms with van der Waals surface area (Å²) in [5.74, 6) is 2.09. The topological polar surface area (TPSA) is 83.1 Å². The molecule has 2 aromatic carbocycles. The number of nitrogens with zero attached hydrogens (tertiary/aromatic N) is 3. The summed E-state index contributed by atoms with van der Waals surface area (Å²) in [5, 5.41) is 3.00. The highest BCUT2D eigenvalue weighted by atomic mass is 16.5. The number of pyridine rings is 1. The Bertz CT molecular complexity index is 1250. The molecule has 0 radical (unpaired) electrons. The number of ether oxygens (including phenoxy) is 1. The maximum absolute atomic E-state index is 12.8. The van der Waals surface area contributed by atoms with Crippen molar-refractivity contribution in [3.63, 3.8) is 0 Å². The third-order valence-corrected chi connectivity index (χ3v) is 5.45. The van der Waals surface area contributed by atoms with Gasteiger partial charge >= 0.3 is 6.03 Å². The van der Waals surface area contributed by atoms with E-state index in [4.69, 9.17) is 4.74 Å². The second kappa shape index (κ2) is 8.55. The fourth-order valence-corrected chi connectivity index (χ4v) is 3.84. The van der Waals surface area contributed by atoms with Gasteiger partial charge in [0, 0.05) is 43.4 Å². The minimum atomic E-state index is -0.0928. The van der Waals surface area contributed by atoms with Gasteiger partial charge in [-0.3, -0.25) is 4.98 Å². The molecule has 1 aliphatic rings. The Morgan fingerprint density at radius 3 is 2.78 bits per heavy atom. The summed E-state index contributed by atoms with van der Waals surface area (Å²) in [5.41, 5.74) is 4.96. The lowest BCUT2D eigenvalue weighted by Crippen LogP contribution is -2.38. The predicted molar refractivity (Wildman–Crippen MR) is 123 cm³/mol. The molecule has 0 fully saturated rings. The van der Waals surface area contributed by atoms with Gasteiger partial charge < -0.3 is 19.9 Å². The Morgan fingerprint density at radius 1 is 1.03 bits per heavy atom. The zero-order chi connectivity index (χ0) is 21.9. The summed E-state index contributed by atoms with van der Waals surface area (Å²) < 4.78 is 6.09. The van der Waals surface area contributed by atoms with Crippen molar-refractivity contribution in [2.45, 2.75) is 19.9 Å². The number of carbonyl (C=O) groups is 1. The Labute approximate surface area is 186 Å². The zero-order valence-corrected chi connectivity index (χ0v) is 17.7. The third kappa shape index (κ3) is 4.32. The molecule has 0 aliphatic carbocycles. The smallest absolute Gasteiger partial charge is 0.322 e. The monoisotopic (exact) mass is 425 g/mol. The number of H-pyrrole nitrogens is 1. The van der Waals surface area contributed by atoms with E-state index in [0.29, 0.717) is 30.4 Å². The maximum Gasteiger partial charge on any atom is 0.322 e. The van der Waals surface area contributed by atoms with Crippen LogP contribution in [0.5, 0.6) is 11.5 Å². The van der Waals surface area contributed by atoms with Gasteiger partial charge in [-0.1, -0.05) is 18.2 Å². The Balaban J connectivity index is 1.30. The van der Waals surface area contributed by atoms with E-state index >= 15 is 0 Å². The fourth-order valence-electron chi connectivity index (χ4n) is 3.84. The van der Waals surface area contributed by atoms with Crippen molar-refractivity contribution in [3.05, 3.63) is 89.9 Å². The number of urea groups is 1. The van der Waals surface area contributed by atoms with Crippen molar-refractivity contribution < 1.29 is 9.53 Å².